The highest BCUT2D eigenvalue weighted by Crippen LogP contribution is 2.33. The quantitative estimate of drug-likeness (QED) is 0.303. The lowest BCUT2D eigenvalue weighted by atomic mass is 10.0. The van der Waals surface area contributed by atoms with Crippen molar-refractivity contribution in [3.05, 3.63) is 94.8 Å². The molecule has 0 saturated heterocycles. The molecule has 0 spiro atoms. The van der Waals surface area contributed by atoms with Gasteiger partial charge in [-0.2, -0.15) is 13.2 Å². The molecule has 2 heterocycles. The Kier molecular flexibility index (Phi) is 6.66. The van der Waals surface area contributed by atoms with Crippen LogP contribution in [0.5, 0.6) is 0 Å². The van der Waals surface area contributed by atoms with E-state index in [1.807, 2.05) is 13.8 Å². The third kappa shape index (κ3) is 4.86. The van der Waals surface area contributed by atoms with Crippen LogP contribution in [0.2, 0.25) is 0 Å². The first kappa shape index (κ1) is 25.4. The summed E-state index contributed by atoms with van der Waals surface area (Å²) in [6.45, 7) is 3.96. The van der Waals surface area contributed by atoms with Crippen LogP contribution in [0.3, 0.4) is 0 Å². The molecular weight excluding hydrogens is 493 g/mol. The number of esters is 1. The minimum atomic E-state index is -4.63. The van der Waals surface area contributed by atoms with Gasteiger partial charge >= 0.3 is 12.1 Å². The highest BCUT2D eigenvalue weighted by Gasteiger charge is 2.32. The Morgan fingerprint density at radius 3 is 2.22 bits per heavy atom. The highest BCUT2D eigenvalue weighted by molar-refractivity contribution is 7.90. The average Bonchev–Trinajstić information content (AvgIpc) is 3.21. The maximum absolute atomic E-state index is 13.7. The van der Waals surface area contributed by atoms with E-state index in [1.54, 1.807) is 24.3 Å². The van der Waals surface area contributed by atoms with Crippen molar-refractivity contribution in [3.8, 4) is 0 Å². The van der Waals surface area contributed by atoms with Crippen molar-refractivity contribution in [1.29, 1.82) is 0 Å². The molecule has 0 radical (unpaired) electrons. The molecule has 0 aliphatic carbocycles. The summed E-state index contributed by atoms with van der Waals surface area (Å²) in [6.07, 6.45) is -3.92. The Hall–Kier alpha value is -3.66. The molecule has 0 fully saturated rings. The molecule has 0 bridgehead atoms. The van der Waals surface area contributed by atoms with Gasteiger partial charge in [-0.05, 0) is 53.4 Å². The molecule has 0 amide bonds. The number of nitrogens with zero attached hydrogens (tertiary/aromatic N) is 2. The summed E-state index contributed by atoms with van der Waals surface area (Å²) in [5.41, 5.74) is 1.07. The molecule has 0 aliphatic rings. The van der Waals surface area contributed by atoms with Crippen LogP contribution in [-0.4, -0.2) is 30.5 Å². The second-order valence-corrected chi connectivity index (χ2v) is 10.4. The van der Waals surface area contributed by atoms with Crippen LogP contribution in [0.1, 0.15) is 52.5 Å². The van der Waals surface area contributed by atoms with Gasteiger partial charge in [-0.15, -0.1) is 0 Å². The van der Waals surface area contributed by atoms with Crippen molar-refractivity contribution in [1.82, 2.24) is 8.96 Å². The lowest BCUT2D eigenvalue weighted by molar-refractivity contribution is -0.137. The molecule has 0 aliphatic heterocycles. The van der Waals surface area contributed by atoms with Crippen molar-refractivity contribution < 1.29 is 31.1 Å². The van der Waals surface area contributed by atoms with Crippen LogP contribution in [0, 0.1) is 0 Å². The van der Waals surface area contributed by atoms with Crippen LogP contribution in [0.4, 0.5) is 13.2 Å². The van der Waals surface area contributed by atoms with Gasteiger partial charge in [-0.3, -0.25) is 0 Å². The topological polar surface area (TPSA) is 78.3 Å². The van der Waals surface area contributed by atoms with E-state index in [0.29, 0.717) is 17.3 Å². The Morgan fingerprint density at radius 2 is 1.67 bits per heavy atom. The van der Waals surface area contributed by atoms with Crippen LogP contribution in [-0.2, 0) is 27.4 Å². The smallest absolute Gasteiger partial charge is 0.417 e. The number of benzene rings is 2. The Morgan fingerprint density at radius 1 is 1.03 bits per heavy atom. The van der Waals surface area contributed by atoms with Crippen LogP contribution in [0.15, 0.2) is 71.8 Å². The van der Waals surface area contributed by atoms with Gasteiger partial charge in [0.2, 0.25) is 0 Å². The van der Waals surface area contributed by atoms with E-state index in [9.17, 15) is 26.4 Å². The summed E-state index contributed by atoms with van der Waals surface area (Å²) in [4.78, 5) is 15.6. The van der Waals surface area contributed by atoms with E-state index < -0.39 is 27.7 Å². The molecule has 0 unspecified atom stereocenters. The van der Waals surface area contributed by atoms with Crippen molar-refractivity contribution in [3.63, 3.8) is 0 Å². The second kappa shape index (κ2) is 9.42. The first-order valence-electron chi connectivity index (χ1n) is 11.0. The van der Waals surface area contributed by atoms with Gasteiger partial charge in [0.15, 0.2) is 5.65 Å². The third-order valence-electron chi connectivity index (χ3n) is 5.84. The first-order chi connectivity index (χ1) is 16.9. The van der Waals surface area contributed by atoms with Gasteiger partial charge in [0, 0.05) is 23.7 Å². The summed E-state index contributed by atoms with van der Waals surface area (Å²) >= 11 is 0. The van der Waals surface area contributed by atoms with Crippen molar-refractivity contribution in [2.75, 3.05) is 7.11 Å². The minimum Gasteiger partial charge on any atom is -0.465 e. The molecule has 2 aromatic carbocycles. The number of halogens is 3. The molecule has 4 rings (SSSR count). The van der Waals surface area contributed by atoms with Gasteiger partial charge < -0.3 is 4.74 Å². The average molecular weight is 517 g/mol. The predicted octanol–water partition coefficient (Wildman–Crippen LogP) is 5.79. The maximum Gasteiger partial charge on any atom is 0.417 e. The number of alkyl halides is 3. The Bertz CT molecular complexity index is 1520. The fourth-order valence-corrected chi connectivity index (χ4v) is 5.38. The van der Waals surface area contributed by atoms with E-state index in [2.05, 4.69) is 9.72 Å². The maximum atomic E-state index is 13.7. The number of aromatic nitrogens is 2. The molecule has 10 heteroatoms. The highest BCUT2D eigenvalue weighted by atomic mass is 32.2. The number of rotatable bonds is 6. The number of ether oxygens (including phenoxy) is 1. The standard InChI is InChI=1S/C26H23F3N2O4S/c1-16(2)18-8-10-23(11-9-18)36(33,34)31-22(12-17-4-6-19(7-5-17)25(32)35-3)14-20-13-21(26(27,28)29)15-30-24(20)31/h4-11,13-16H,12H2,1-3H3. The first-order valence-corrected chi connectivity index (χ1v) is 12.5. The Balaban J connectivity index is 1.86. The van der Waals surface area contributed by atoms with E-state index in [1.165, 1.54) is 37.4 Å². The summed E-state index contributed by atoms with van der Waals surface area (Å²) in [5, 5.41) is 0.0494. The molecule has 0 saturated carbocycles. The number of hydrogen-bond acceptors (Lipinski definition) is 5. The van der Waals surface area contributed by atoms with E-state index in [4.69, 9.17) is 0 Å². The summed E-state index contributed by atoms with van der Waals surface area (Å²) in [7, 11) is -2.93. The molecular formula is C26H23F3N2O4S. The largest absolute Gasteiger partial charge is 0.465 e. The van der Waals surface area contributed by atoms with Gasteiger partial charge in [-0.1, -0.05) is 38.1 Å². The molecule has 0 N–H and O–H groups in total. The predicted molar refractivity (Wildman–Crippen MR) is 128 cm³/mol. The van der Waals surface area contributed by atoms with Gasteiger partial charge in [0.05, 0.1) is 23.1 Å². The van der Waals surface area contributed by atoms with E-state index in [-0.39, 0.29) is 34.0 Å². The van der Waals surface area contributed by atoms with Crippen LogP contribution < -0.4 is 0 Å². The lowest BCUT2D eigenvalue weighted by Gasteiger charge is -2.13. The number of carbonyl (C=O) groups is 1. The van der Waals surface area contributed by atoms with Crippen molar-refractivity contribution in [2.45, 2.75) is 37.3 Å². The summed E-state index contributed by atoms with van der Waals surface area (Å²) in [6, 6.07) is 15.0. The summed E-state index contributed by atoms with van der Waals surface area (Å²) < 4.78 is 73.0. The van der Waals surface area contributed by atoms with Crippen molar-refractivity contribution >= 4 is 27.0 Å². The number of fused-ring (bicyclic) bond motifs is 1. The van der Waals surface area contributed by atoms with E-state index >= 15 is 0 Å². The van der Waals surface area contributed by atoms with E-state index in [0.717, 1.165) is 15.6 Å². The number of hydrogen-bond donors (Lipinski definition) is 0. The van der Waals surface area contributed by atoms with Gasteiger partial charge in [0.25, 0.3) is 10.0 Å². The summed E-state index contributed by atoms with van der Waals surface area (Å²) in [5.74, 6) is -0.327. The molecule has 188 valence electrons. The monoisotopic (exact) mass is 516 g/mol. The van der Waals surface area contributed by atoms with Crippen LogP contribution >= 0.6 is 0 Å². The number of methoxy groups -OCH3 is 1. The second-order valence-electron chi connectivity index (χ2n) is 8.63. The zero-order valence-corrected chi connectivity index (χ0v) is 20.5. The Labute approximate surface area is 206 Å². The zero-order chi connectivity index (χ0) is 26.3. The minimum absolute atomic E-state index is 0.00612. The molecule has 0 atom stereocenters. The molecule has 2 aromatic heterocycles. The normalized spacial score (nSPS) is 12.3. The van der Waals surface area contributed by atoms with Crippen LogP contribution in [0.25, 0.3) is 11.0 Å². The van der Waals surface area contributed by atoms with Gasteiger partial charge in [0.1, 0.15) is 0 Å². The van der Waals surface area contributed by atoms with Crippen molar-refractivity contribution in [2.24, 2.45) is 0 Å². The lowest BCUT2D eigenvalue weighted by Crippen LogP contribution is -2.17. The molecule has 6 nitrogen and oxygen atoms in total. The zero-order valence-electron chi connectivity index (χ0n) is 19.7. The molecule has 4 aromatic rings. The SMILES string of the molecule is COC(=O)c1ccc(Cc2cc3cc(C(F)(F)F)cnc3n2S(=O)(=O)c2ccc(C(C)C)cc2)cc1. The van der Waals surface area contributed by atoms with Gasteiger partial charge in [-0.25, -0.2) is 22.2 Å². The number of carbonyl (C=O) groups excluding carboxylic acids is 1. The fourth-order valence-electron chi connectivity index (χ4n) is 3.89. The molecule has 36 heavy (non-hydrogen) atoms. The third-order valence-corrected chi connectivity index (χ3v) is 7.60. The fraction of sp³-hybridized carbons (Fsp3) is 0.231. The number of pyridine rings is 1.